The van der Waals surface area contributed by atoms with Crippen LogP contribution in [-0.4, -0.2) is 48.6 Å². The first-order valence-corrected chi connectivity index (χ1v) is 7.38. The minimum atomic E-state index is 0.707. The molecule has 0 radical (unpaired) electrons. The molecule has 0 aliphatic carbocycles. The van der Waals surface area contributed by atoms with Crippen molar-refractivity contribution in [3.05, 3.63) is 0 Å². The van der Waals surface area contributed by atoms with Crippen LogP contribution in [0.15, 0.2) is 0 Å². The molecule has 0 aromatic carbocycles. The molecule has 0 amide bonds. The van der Waals surface area contributed by atoms with E-state index < -0.39 is 0 Å². The van der Waals surface area contributed by atoms with E-state index in [0.29, 0.717) is 6.04 Å². The first-order valence-electron chi connectivity index (χ1n) is 6.22. The van der Waals surface area contributed by atoms with Crippen molar-refractivity contribution in [2.45, 2.75) is 33.2 Å². The Morgan fingerprint density at radius 3 is 2.47 bits per heavy atom. The van der Waals surface area contributed by atoms with Crippen molar-refractivity contribution < 1.29 is 0 Å². The summed E-state index contributed by atoms with van der Waals surface area (Å²) in [7, 11) is 0. The van der Waals surface area contributed by atoms with Gasteiger partial charge in [-0.05, 0) is 25.8 Å². The molecular weight excluding hydrogens is 204 g/mol. The Morgan fingerprint density at radius 1 is 1.20 bits per heavy atom. The molecule has 1 unspecified atom stereocenters. The van der Waals surface area contributed by atoms with E-state index in [0.717, 1.165) is 12.5 Å². The summed E-state index contributed by atoms with van der Waals surface area (Å²) < 4.78 is 0. The zero-order chi connectivity index (χ0) is 11.1. The highest BCUT2D eigenvalue weighted by atomic mass is 32.2. The van der Waals surface area contributed by atoms with Gasteiger partial charge in [0.05, 0.1) is 0 Å². The van der Waals surface area contributed by atoms with Crippen LogP contribution in [0.2, 0.25) is 0 Å². The number of nitrogens with zero attached hydrogens (tertiary/aromatic N) is 1. The number of hydrogen-bond acceptors (Lipinski definition) is 3. The summed E-state index contributed by atoms with van der Waals surface area (Å²) in [5.74, 6) is 3.45. The normalized spacial score (nSPS) is 20.8. The molecule has 15 heavy (non-hydrogen) atoms. The molecule has 1 saturated heterocycles. The quantitative estimate of drug-likeness (QED) is 0.703. The summed E-state index contributed by atoms with van der Waals surface area (Å²) in [6.45, 7) is 11.8. The highest BCUT2D eigenvalue weighted by molar-refractivity contribution is 7.99. The molecule has 1 aliphatic rings. The fourth-order valence-electron chi connectivity index (χ4n) is 1.85. The van der Waals surface area contributed by atoms with E-state index in [4.69, 9.17) is 0 Å². The van der Waals surface area contributed by atoms with Gasteiger partial charge in [0.15, 0.2) is 0 Å². The maximum absolute atomic E-state index is 3.57. The molecule has 1 heterocycles. The van der Waals surface area contributed by atoms with Crippen LogP contribution < -0.4 is 5.32 Å². The molecule has 0 saturated carbocycles. The molecule has 0 aromatic heterocycles. The molecule has 2 nitrogen and oxygen atoms in total. The molecular formula is C12H26N2S. The third-order valence-electron chi connectivity index (χ3n) is 3.01. The number of hydrogen-bond donors (Lipinski definition) is 1. The van der Waals surface area contributed by atoms with Crippen LogP contribution in [0.1, 0.15) is 27.2 Å². The zero-order valence-corrected chi connectivity index (χ0v) is 11.3. The van der Waals surface area contributed by atoms with Gasteiger partial charge >= 0.3 is 0 Å². The van der Waals surface area contributed by atoms with Crippen LogP contribution in [0.5, 0.6) is 0 Å². The van der Waals surface area contributed by atoms with Crippen LogP contribution in [-0.2, 0) is 0 Å². The summed E-state index contributed by atoms with van der Waals surface area (Å²) in [6, 6.07) is 0.707. The fourth-order valence-corrected chi connectivity index (χ4v) is 2.78. The molecule has 1 aliphatic heterocycles. The first kappa shape index (κ1) is 13.3. The third kappa shape index (κ3) is 5.79. The van der Waals surface area contributed by atoms with Gasteiger partial charge in [-0.25, -0.2) is 0 Å². The molecule has 0 bridgehead atoms. The lowest BCUT2D eigenvalue weighted by Gasteiger charge is -2.32. The van der Waals surface area contributed by atoms with E-state index in [1.165, 1.54) is 37.6 Å². The largest absolute Gasteiger partial charge is 0.315 e. The minimum Gasteiger partial charge on any atom is -0.315 e. The fraction of sp³-hybridized carbons (Fsp3) is 1.00. The van der Waals surface area contributed by atoms with E-state index in [1.54, 1.807) is 0 Å². The number of rotatable bonds is 6. The Bertz CT molecular complexity index is 156. The minimum absolute atomic E-state index is 0.707. The summed E-state index contributed by atoms with van der Waals surface area (Å²) in [4.78, 5) is 2.61. The Labute approximate surface area is 99.2 Å². The van der Waals surface area contributed by atoms with Gasteiger partial charge in [-0.15, -0.1) is 0 Å². The van der Waals surface area contributed by atoms with Crippen molar-refractivity contribution in [2.24, 2.45) is 5.92 Å². The summed E-state index contributed by atoms with van der Waals surface area (Å²) >= 11 is 2.09. The van der Waals surface area contributed by atoms with Gasteiger partial charge in [0, 0.05) is 37.2 Å². The zero-order valence-electron chi connectivity index (χ0n) is 10.5. The Morgan fingerprint density at radius 2 is 1.87 bits per heavy atom. The summed E-state index contributed by atoms with van der Waals surface area (Å²) in [5.41, 5.74) is 0. The highest BCUT2D eigenvalue weighted by Crippen LogP contribution is 2.11. The second kappa shape index (κ2) is 7.53. The highest BCUT2D eigenvalue weighted by Gasteiger charge is 2.15. The van der Waals surface area contributed by atoms with Crippen LogP contribution in [0.25, 0.3) is 0 Å². The predicted molar refractivity (Wildman–Crippen MR) is 70.7 cm³/mol. The van der Waals surface area contributed by atoms with Crippen LogP contribution in [0.4, 0.5) is 0 Å². The third-order valence-corrected chi connectivity index (χ3v) is 3.95. The average molecular weight is 230 g/mol. The van der Waals surface area contributed by atoms with Crippen molar-refractivity contribution in [1.29, 1.82) is 0 Å². The SMILES string of the molecule is CC(C)CCNCC(C)N1CCSCC1. The van der Waals surface area contributed by atoms with E-state index >= 15 is 0 Å². The molecule has 1 fully saturated rings. The lowest BCUT2D eigenvalue weighted by atomic mass is 10.1. The second-order valence-electron chi connectivity index (χ2n) is 4.88. The predicted octanol–water partition coefficient (Wildman–Crippen LogP) is 2.06. The van der Waals surface area contributed by atoms with Crippen molar-refractivity contribution in [1.82, 2.24) is 10.2 Å². The lowest BCUT2D eigenvalue weighted by Crippen LogP contribution is -2.44. The molecule has 1 atom stereocenters. The van der Waals surface area contributed by atoms with Gasteiger partial charge in [0.2, 0.25) is 0 Å². The lowest BCUT2D eigenvalue weighted by molar-refractivity contribution is 0.224. The Hall–Kier alpha value is 0.270. The van der Waals surface area contributed by atoms with Crippen molar-refractivity contribution in [3.63, 3.8) is 0 Å². The van der Waals surface area contributed by atoms with Crippen LogP contribution >= 0.6 is 11.8 Å². The number of thioether (sulfide) groups is 1. The summed E-state index contributed by atoms with van der Waals surface area (Å²) in [6.07, 6.45) is 1.29. The number of nitrogens with one attached hydrogen (secondary N) is 1. The van der Waals surface area contributed by atoms with Crippen LogP contribution in [0.3, 0.4) is 0 Å². The van der Waals surface area contributed by atoms with E-state index in [9.17, 15) is 0 Å². The van der Waals surface area contributed by atoms with Gasteiger partial charge in [-0.2, -0.15) is 11.8 Å². The Balaban J connectivity index is 2.04. The van der Waals surface area contributed by atoms with Gasteiger partial charge in [-0.1, -0.05) is 13.8 Å². The molecule has 0 spiro atoms. The standard InChI is InChI=1S/C12H26N2S/c1-11(2)4-5-13-10-12(3)14-6-8-15-9-7-14/h11-13H,4-10H2,1-3H3. The van der Waals surface area contributed by atoms with Gasteiger partial charge in [0.25, 0.3) is 0 Å². The van der Waals surface area contributed by atoms with E-state index in [-0.39, 0.29) is 0 Å². The van der Waals surface area contributed by atoms with Gasteiger partial charge in [0.1, 0.15) is 0 Å². The second-order valence-corrected chi connectivity index (χ2v) is 6.11. The molecule has 1 N–H and O–H groups in total. The molecule has 1 rings (SSSR count). The molecule has 90 valence electrons. The monoisotopic (exact) mass is 230 g/mol. The molecule has 3 heteroatoms. The summed E-state index contributed by atoms with van der Waals surface area (Å²) in [5, 5.41) is 3.57. The van der Waals surface area contributed by atoms with Gasteiger partial charge in [-0.3, -0.25) is 4.90 Å². The van der Waals surface area contributed by atoms with Crippen molar-refractivity contribution >= 4 is 11.8 Å². The van der Waals surface area contributed by atoms with E-state index in [1.807, 2.05) is 0 Å². The first-order chi connectivity index (χ1) is 7.20. The maximum Gasteiger partial charge on any atom is 0.0193 e. The van der Waals surface area contributed by atoms with E-state index in [2.05, 4.69) is 42.7 Å². The Kier molecular flexibility index (Phi) is 6.69. The topological polar surface area (TPSA) is 15.3 Å². The maximum atomic E-state index is 3.57. The molecule has 0 aromatic rings. The average Bonchev–Trinajstić information content (AvgIpc) is 2.25. The van der Waals surface area contributed by atoms with Crippen molar-refractivity contribution in [2.75, 3.05) is 37.7 Å². The smallest absolute Gasteiger partial charge is 0.0193 e. The van der Waals surface area contributed by atoms with Gasteiger partial charge < -0.3 is 5.32 Å². The van der Waals surface area contributed by atoms with Crippen molar-refractivity contribution in [3.8, 4) is 0 Å². The van der Waals surface area contributed by atoms with Crippen LogP contribution in [0, 0.1) is 5.92 Å².